The van der Waals surface area contributed by atoms with Crippen LogP contribution in [0.2, 0.25) is 0 Å². The normalized spacial score (nSPS) is 11.2. The van der Waals surface area contributed by atoms with Gasteiger partial charge in [-0.25, -0.2) is 8.42 Å². The Hall–Kier alpha value is -1.07. The minimum atomic E-state index is -3.26. The Morgan fingerprint density at radius 1 is 1.29 bits per heavy atom. The van der Waals surface area contributed by atoms with Gasteiger partial charge in [0.1, 0.15) is 0 Å². The van der Waals surface area contributed by atoms with Gasteiger partial charge in [-0.1, -0.05) is 0 Å². The summed E-state index contributed by atoms with van der Waals surface area (Å²) in [4.78, 5) is 11.0. The van der Waals surface area contributed by atoms with E-state index in [1.165, 1.54) is 19.1 Å². The molecule has 0 saturated carbocycles. The van der Waals surface area contributed by atoms with E-state index >= 15 is 0 Å². The van der Waals surface area contributed by atoms with Crippen molar-refractivity contribution in [2.45, 2.75) is 18.2 Å². The molecule has 0 spiro atoms. The van der Waals surface area contributed by atoms with Crippen molar-refractivity contribution >= 4 is 33.0 Å². The Kier molecular flexibility index (Phi) is 4.96. The Balaban J connectivity index is 2.83. The lowest BCUT2D eigenvalue weighted by Gasteiger charge is -2.05. The summed E-state index contributed by atoms with van der Waals surface area (Å²) in [7, 11) is -3.26. The Morgan fingerprint density at radius 2 is 1.88 bits per heavy atom. The number of hydrogen-bond donors (Lipinski definition) is 1. The molecule has 0 aliphatic heterocycles. The standard InChI is InChI=1S/C11H14ClNO3S/c1-9(14)13-10-3-5-11(6-4-10)17(15,16)8-2-7-12/h3-6H,2,7-8H2,1H3,(H,13,14). The molecular weight excluding hydrogens is 262 g/mol. The van der Waals surface area contributed by atoms with Crippen LogP contribution in [-0.4, -0.2) is 26.0 Å². The van der Waals surface area contributed by atoms with Gasteiger partial charge in [-0.05, 0) is 30.7 Å². The first-order valence-electron chi connectivity index (χ1n) is 5.12. The molecule has 0 unspecified atom stereocenters. The van der Waals surface area contributed by atoms with Crippen molar-refractivity contribution < 1.29 is 13.2 Å². The lowest BCUT2D eigenvalue weighted by molar-refractivity contribution is -0.114. The van der Waals surface area contributed by atoms with Crippen LogP contribution in [0.1, 0.15) is 13.3 Å². The number of alkyl halides is 1. The fourth-order valence-corrected chi connectivity index (χ4v) is 2.91. The second-order valence-corrected chi connectivity index (χ2v) is 6.05. The third-order valence-corrected chi connectivity index (χ3v) is 4.16. The highest BCUT2D eigenvalue weighted by molar-refractivity contribution is 7.91. The average Bonchev–Trinajstić information content (AvgIpc) is 2.26. The summed E-state index contributed by atoms with van der Waals surface area (Å²) >= 11 is 5.47. The molecule has 0 heterocycles. The van der Waals surface area contributed by atoms with Crippen LogP contribution >= 0.6 is 11.6 Å². The van der Waals surface area contributed by atoms with Gasteiger partial charge in [-0.2, -0.15) is 0 Å². The third-order valence-electron chi connectivity index (χ3n) is 2.08. The molecule has 0 saturated heterocycles. The number of halogens is 1. The number of nitrogens with one attached hydrogen (secondary N) is 1. The van der Waals surface area contributed by atoms with Crippen LogP contribution in [0.3, 0.4) is 0 Å². The molecule has 0 aliphatic carbocycles. The van der Waals surface area contributed by atoms with Crippen LogP contribution in [0.15, 0.2) is 29.2 Å². The van der Waals surface area contributed by atoms with Crippen molar-refractivity contribution in [1.29, 1.82) is 0 Å². The first kappa shape index (κ1) is 14.0. The van der Waals surface area contributed by atoms with E-state index < -0.39 is 9.84 Å². The first-order valence-corrected chi connectivity index (χ1v) is 7.31. The zero-order chi connectivity index (χ0) is 12.9. The maximum atomic E-state index is 11.8. The second kappa shape index (κ2) is 6.02. The molecule has 0 aromatic heterocycles. The van der Waals surface area contributed by atoms with Crippen LogP contribution in [0.25, 0.3) is 0 Å². The van der Waals surface area contributed by atoms with E-state index in [0.717, 1.165) is 0 Å². The van der Waals surface area contributed by atoms with Crippen LogP contribution < -0.4 is 5.32 Å². The van der Waals surface area contributed by atoms with E-state index in [9.17, 15) is 13.2 Å². The van der Waals surface area contributed by atoms with Gasteiger partial charge >= 0.3 is 0 Å². The van der Waals surface area contributed by atoms with Gasteiger partial charge in [-0.3, -0.25) is 4.79 Å². The molecule has 0 bridgehead atoms. The Labute approximate surface area is 106 Å². The van der Waals surface area contributed by atoms with E-state index in [-0.39, 0.29) is 16.6 Å². The number of hydrogen-bond acceptors (Lipinski definition) is 3. The van der Waals surface area contributed by atoms with Crippen LogP contribution in [-0.2, 0) is 14.6 Å². The summed E-state index contributed by atoms with van der Waals surface area (Å²) in [5.41, 5.74) is 0.578. The van der Waals surface area contributed by atoms with E-state index in [1.807, 2.05) is 0 Å². The van der Waals surface area contributed by atoms with Gasteiger partial charge < -0.3 is 5.32 Å². The van der Waals surface area contributed by atoms with Gasteiger partial charge in [0, 0.05) is 18.5 Å². The SMILES string of the molecule is CC(=O)Nc1ccc(S(=O)(=O)CCCCl)cc1. The number of sulfone groups is 1. The zero-order valence-electron chi connectivity index (χ0n) is 9.44. The van der Waals surface area contributed by atoms with E-state index in [0.29, 0.717) is 18.0 Å². The minimum Gasteiger partial charge on any atom is -0.326 e. The Bertz CT molecular complexity index is 482. The summed E-state index contributed by atoms with van der Waals surface area (Å²) in [5, 5.41) is 2.57. The molecule has 1 aromatic carbocycles. The van der Waals surface area contributed by atoms with Gasteiger partial charge in [-0.15, -0.1) is 11.6 Å². The summed E-state index contributed by atoms with van der Waals surface area (Å²) in [6.07, 6.45) is 0.428. The van der Waals surface area contributed by atoms with E-state index in [1.54, 1.807) is 12.1 Å². The van der Waals surface area contributed by atoms with Crippen molar-refractivity contribution in [3.8, 4) is 0 Å². The van der Waals surface area contributed by atoms with Crippen LogP contribution in [0.4, 0.5) is 5.69 Å². The highest BCUT2D eigenvalue weighted by Gasteiger charge is 2.13. The number of carbonyl (C=O) groups is 1. The van der Waals surface area contributed by atoms with Crippen molar-refractivity contribution in [3.05, 3.63) is 24.3 Å². The molecule has 1 aromatic rings. The van der Waals surface area contributed by atoms with Crippen LogP contribution in [0.5, 0.6) is 0 Å². The fraction of sp³-hybridized carbons (Fsp3) is 0.364. The van der Waals surface area contributed by atoms with E-state index in [4.69, 9.17) is 11.6 Å². The van der Waals surface area contributed by atoms with Crippen molar-refractivity contribution in [2.75, 3.05) is 16.9 Å². The molecular formula is C11H14ClNO3S. The smallest absolute Gasteiger partial charge is 0.221 e. The third kappa shape index (κ3) is 4.36. The fourth-order valence-electron chi connectivity index (χ4n) is 1.31. The van der Waals surface area contributed by atoms with Crippen molar-refractivity contribution in [2.24, 2.45) is 0 Å². The summed E-state index contributed by atoms with van der Waals surface area (Å²) in [6, 6.07) is 6.09. The minimum absolute atomic E-state index is 0.0377. The number of amides is 1. The van der Waals surface area contributed by atoms with E-state index in [2.05, 4.69) is 5.32 Å². The molecule has 4 nitrogen and oxygen atoms in total. The summed E-state index contributed by atoms with van der Waals surface area (Å²) in [5.74, 6) is 0.168. The molecule has 94 valence electrons. The molecule has 0 fully saturated rings. The first-order chi connectivity index (χ1) is 7.95. The van der Waals surface area contributed by atoms with Crippen LogP contribution in [0, 0.1) is 0 Å². The maximum absolute atomic E-state index is 11.8. The van der Waals surface area contributed by atoms with Gasteiger partial charge in [0.15, 0.2) is 9.84 Å². The van der Waals surface area contributed by atoms with Gasteiger partial charge in [0.05, 0.1) is 10.6 Å². The molecule has 0 radical (unpaired) electrons. The lowest BCUT2D eigenvalue weighted by Crippen LogP contribution is -2.08. The Morgan fingerprint density at radius 3 is 2.35 bits per heavy atom. The van der Waals surface area contributed by atoms with Crippen molar-refractivity contribution in [3.63, 3.8) is 0 Å². The predicted octanol–water partition coefficient (Wildman–Crippen LogP) is 2.05. The zero-order valence-corrected chi connectivity index (χ0v) is 11.0. The molecule has 17 heavy (non-hydrogen) atoms. The number of rotatable bonds is 5. The maximum Gasteiger partial charge on any atom is 0.221 e. The number of benzene rings is 1. The van der Waals surface area contributed by atoms with Gasteiger partial charge in [0.2, 0.25) is 5.91 Å². The highest BCUT2D eigenvalue weighted by atomic mass is 35.5. The monoisotopic (exact) mass is 275 g/mol. The topological polar surface area (TPSA) is 63.2 Å². The summed E-state index contributed by atoms with van der Waals surface area (Å²) < 4.78 is 23.6. The second-order valence-electron chi connectivity index (χ2n) is 3.57. The predicted molar refractivity (Wildman–Crippen MR) is 68.1 cm³/mol. The van der Waals surface area contributed by atoms with Gasteiger partial charge in [0.25, 0.3) is 0 Å². The quantitative estimate of drug-likeness (QED) is 0.837. The van der Waals surface area contributed by atoms with Crippen molar-refractivity contribution in [1.82, 2.24) is 0 Å². The largest absolute Gasteiger partial charge is 0.326 e. The molecule has 6 heteroatoms. The molecule has 0 atom stereocenters. The molecule has 0 aliphatic rings. The molecule has 1 amide bonds. The molecule has 1 rings (SSSR count). The highest BCUT2D eigenvalue weighted by Crippen LogP contribution is 2.16. The molecule has 1 N–H and O–H groups in total. The number of anilines is 1. The number of carbonyl (C=O) groups excluding carboxylic acids is 1. The average molecular weight is 276 g/mol. The summed E-state index contributed by atoms with van der Waals surface area (Å²) in [6.45, 7) is 1.39. The lowest BCUT2D eigenvalue weighted by atomic mass is 10.3.